The molecule has 2 rings (SSSR count). The molecule has 2 N–H and O–H groups in total. The van der Waals surface area contributed by atoms with Gasteiger partial charge in [-0.3, -0.25) is 0 Å². The summed E-state index contributed by atoms with van der Waals surface area (Å²) in [5.41, 5.74) is -0.343. The molecule has 0 aliphatic rings. The summed E-state index contributed by atoms with van der Waals surface area (Å²) in [5, 5.41) is 11.3. The number of carboxylic acids is 1. The van der Waals surface area contributed by atoms with E-state index in [2.05, 4.69) is 4.72 Å². The highest BCUT2D eigenvalue weighted by molar-refractivity contribution is 7.89. The van der Waals surface area contributed by atoms with Gasteiger partial charge in [0.15, 0.2) is 0 Å². The fourth-order valence-electron chi connectivity index (χ4n) is 1.92. The van der Waals surface area contributed by atoms with Gasteiger partial charge in [0.25, 0.3) is 0 Å². The molecule has 0 amide bonds. The zero-order valence-electron chi connectivity index (χ0n) is 11.1. The van der Waals surface area contributed by atoms with Crippen molar-refractivity contribution in [3.8, 4) is 0 Å². The molecule has 0 bridgehead atoms. The van der Waals surface area contributed by atoms with E-state index in [0.29, 0.717) is 5.02 Å². The predicted octanol–water partition coefficient (Wildman–Crippen LogP) is 2.79. The van der Waals surface area contributed by atoms with Crippen LogP contribution in [0.15, 0.2) is 20.8 Å². The minimum atomic E-state index is -4.00. The first-order valence-corrected chi connectivity index (χ1v) is 8.52. The van der Waals surface area contributed by atoms with Crippen molar-refractivity contribution < 1.29 is 22.7 Å². The standard InChI is InChI=1S/C12H12ClNO5S2/c1-6-10(12(15)16)11(7(2)19-6)21(17,18)14-4-9-3-8(13)5-20-9/h3,5,14H,4H2,1-2H3,(H,15,16). The van der Waals surface area contributed by atoms with Gasteiger partial charge >= 0.3 is 5.97 Å². The smallest absolute Gasteiger partial charge is 0.340 e. The number of halogens is 1. The number of carbonyl (C=O) groups is 1. The molecule has 21 heavy (non-hydrogen) atoms. The second-order valence-electron chi connectivity index (χ2n) is 4.28. The summed E-state index contributed by atoms with van der Waals surface area (Å²) >= 11 is 7.07. The number of furan rings is 1. The lowest BCUT2D eigenvalue weighted by Gasteiger charge is -2.05. The summed E-state index contributed by atoms with van der Waals surface area (Å²) in [6.45, 7) is 2.85. The highest BCUT2D eigenvalue weighted by Gasteiger charge is 2.30. The number of rotatable bonds is 5. The molecule has 0 unspecified atom stereocenters. The van der Waals surface area contributed by atoms with E-state index in [1.165, 1.54) is 25.2 Å². The molecule has 0 spiro atoms. The lowest BCUT2D eigenvalue weighted by Crippen LogP contribution is -2.25. The second kappa shape index (κ2) is 5.80. The van der Waals surface area contributed by atoms with Crippen LogP contribution >= 0.6 is 22.9 Å². The van der Waals surface area contributed by atoms with Gasteiger partial charge < -0.3 is 9.52 Å². The van der Waals surface area contributed by atoms with Gasteiger partial charge in [0.05, 0.1) is 5.02 Å². The Morgan fingerprint density at radius 1 is 1.43 bits per heavy atom. The Labute approximate surface area is 130 Å². The van der Waals surface area contributed by atoms with Crippen LogP contribution in [0.25, 0.3) is 0 Å². The number of carboxylic acid groups (broad SMARTS) is 1. The van der Waals surface area contributed by atoms with Crippen molar-refractivity contribution in [2.24, 2.45) is 0 Å². The van der Waals surface area contributed by atoms with E-state index in [1.807, 2.05) is 0 Å². The highest BCUT2D eigenvalue weighted by atomic mass is 35.5. The number of aromatic carboxylic acids is 1. The number of nitrogens with one attached hydrogen (secondary N) is 1. The quantitative estimate of drug-likeness (QED) is 0.865. The maximum absolute atomic E-state index is 12.3. The molecule has 0 aromatic carbocycles. The van der Waals surface area contributed by atoms with Crippen molar-refractivity contribution in [2.75, 3.05) is 0 Å². The first-order valence-electron chi connectivity index (χ1n) is 5.78. The lowest BCUT2D eigenvalue weighted by atomic mass is 10.2. The number of sulfonamides is 1. The summed E-state index contributed by atoms with van der Waals surface area (Å²) in [7, 11) is -4.00. The fraction of sp³-hybridized carbons (Fsp3) is 0.250. The molecule has 9 heteroatoms. The normalized spacial score (nSPS) is 11.8. The Balaban J connectivity index is 2.34. The predicted molar refractivity (Wildman–Crippen MR) is 78.5 cm³/mol. The largest absolute Gasteiger partial charge is 0.478 e. The van der Waals surface area contributed by atoms with Crippen LogP contribution in [0.3, 0.4) is 0 Å². The van der Waals surface area contributed by atoms with Crippen molar-refractivity contribution in [3.05, 3.63) is 38.4 Å². The summed E-state index contributed by atoms with van der Waals surface area (Å²) in [6.07, 6.45) is 0. The summed E-state index contributed by atoms with van der Waals surface area (Å²) in [4.78, 5) is 11.6. The SMILES string of the molecule is Cc1oc(C)c(S(=O)(=O)NCc2cc(Cl)cs2)c1C(=O)O. The molecule has 0 fully saturated rings. The Bertz CT molecular complexity index is 791. The number of hydrogen-bond donors (Lipinski definition) is 2. The first-order chi connectivity index (χ1) is 9.72. The van der Waals surface area contributed by atoms with Crippen molar-refractivity contribution >= 4 is 38.9 Å². The van der Waals surface area contributed by atoms with Crippen LogP contribution < -0.4 is 4.72 Å². The average molecular weight is 350 g/mol. The molecule has 2 aromatic heterocycles. The topological polar surface area (TPSA) is 96.6 Å². The van der Waals surface area contributed by atoms with Crippen molar-refractivity contribution in [1.82, 2.24) is 4.72 Å². The minimum absolute atomic E-state index is 0.0302. The zero-order chi connectivity index (χ0) is 15.8. The second-order valence-corrected chi connectivity index (χ2v) is 7.42. The number of hydrogen-bond acceptors (Lipinski definition) is 5. The molecular weight excluding hydrogens is 338 g/mol. The van der Waals surface area contributed by atoms with E-state index in [-0.39, 0.29) is 28.5 Å². The molecule has 0 aliphatic heterocycles. The minimum Gasteiger partial charge on any atom is -0.478 e. The molecule has 0 aliphatic carbocycles. The maximum atomic E-state index is 12.3. The summed E-state index contributed by atoms with van der Waals surface area (Å²) in [6, 6.07) is 1.64. The molecule has 0 saturated carbocycles. The summed E-state index contributed by atoms with van der Waals surface area (Å²) in [5.74, 6) is -1.25. The van der Waals surface area contributed by atoms with Crippen LogP contribution in [0.5, 0.6) is 0 Å². The Hall–Kier alpha value is -1.35. The van der Waals surface area contributed by atoms with Crippen molar-refractivity contribution in [2.45, 2.75) is 25.3 Å². The Kier molecular flexibility index (Phi) is 4.43. The molecule has 0 saturated heterocycles. The maximum Gasteiger partial charge on any atom is 0.340 e. The highest BCUT2D eigenvalue weighted by Crippen LogP contribution is 2.27. The third-order valence-electron chi connectivity index (χ3n) is 2.75. The van der Waals surface area contributed by atoms with Gasteiger partial charge in [0.1, 0.15) is 22.0 Å². The molecule has 0 atom stereocenters. The van der Waals surface area contributed by atoms with E-state index in [0.717, 1.165) is 4.88 Å². The van der Waals surface area contributed by atoms with E-state index in [1.54, 1.807) is 11.4 Å². The molecular formula is C12H12ClNO5S2. The van der Waals surface area contributed by atoms with Crippen LogP contribution in [0.2, 0.25) is 5.02 Å². The van der Waals surface area contributed by atoms with Crippen LogP contribution in [0.4, 0.5) is 0 Å². The summed E-state index contributed by atoms with van der Waals surface area (Å²) < 4.78 is 32.1. The van der Waals surface area contributed by atoms with E-state index in [9.17, 15) is 13.2 Å². The third kappa shape index (κ3) is 3.29. The Morgan fingerprint density at radius 2 is 2.10 bits per heavy atom. The van der Waals surface area contributed by atoms with Crippen LogP contribution in [0.1, 0.15) is 26.8 Å². The van der Waals surface area contributed by atoms with Gasteiger partial charge in [0.2, 0.25) is 10.0 Å². The van der Waals surface area contributed by atoms with Crippen molar-refractivity contribution in [3.63, 3.8) is 0 Å². The lowest BCUT2D eigenvalue weighted by molar-refractivity contribution is 0.0691. The molecule has 114 valence electrons. The number of aryl methyl sites for hydroxylation is 2. The van der Waals surface area contributed by atoms with Gasteiger partial charge in [-0.2, -0.15) is 0 Å². The van der Waals surface area contributed by atoms with Gasteiger partial charge in [0, 0.05) is 16.8 Å². The third-order valence-corrected chi connectivity index (χ3v) is 5.58. The zero-order valence-corrected chi connectivity index (χ0v) is 13.5. The first kappa shape index (κ1) is 16.0. The molecule has 2 heterocycles. The van der Waals surface area contributed by atoms with Gasteiger partial charge in [-0.1, -0.05) is 11.6 Å². The van der Waals surface area contributed by atoms with Crippen molar-refractivity contribution in [1.29, 1.82) is 0 Å². The fourth-order valence-corrected chi connectivity index (χ4v) is 4.43. The molecule has 2 aromatic rings. The van der Waals surface area contributed by atoms with E-state index in [4.69, 9.17) is 21.1 Å². The molecule has 6 nitrogen and oxygen atoms in total. The van der Waals surface area contributed by atoms with Crippen LogP contribution in [-0.2, 0) is 16.6 Å². The molecule has 0 radical (unpaired) electrons. The van der Waals surface area contributed by atoms with Gasteiger partial charge in [-0.15, -0.1) is 11.3 Å². The Morgan fingerprint density at radius 3 is 2.62 bits per heavy atom. The average Bonchev–Trinajstić information content (AvgIpc) is 2.90. The monoisotopic (exact) mass is 349 g/mol. The van der Waals surface area contributed by atoms with Crippen LogP contribution in [-0.4, -0.2) is 19.5 Å². The number of thiophene rings is 1. The van der Waals surface area contributed by atoms with E-state index >= 15 is 0 Å². The van der Waals surface area contributed by atoms with Gasteiger partial charge in [-0.25, -0.2) is 17.9 Å². The van der Waals surface area contributed by atoms with Crippen LogP contribution in [0, 0.1) is 13.8 Å². The van der Waals surface area contributed by atoms with E-state index < -0.39 is 16.0 Å². The van der Waals surface area contributed by atoms with Gasteiger partial charge in [-0.05, 0) is 19.9 Å².